The number of piperidine rings is 1. The molecule has 2 aromatic carbocycles. The number of nitrogens with one attached hydrogen (secondary N) is 3. The van der Waals surface area contributed by atoms with Gasteiger partial charge in [0, 0.05) is 25.6 Å². The minimum atomic E-state index is -3.49. The van der Waals surface area contributed by atoms with Crippen LogP contribution in [0.1, 0.15) is 44.1 Å². The highest BCUT2D eigenvalue weighted by Gasteiger charge is 2.38. The van der Waals surface area contributed by atoms with E-state index in [0.717, 1.165) is 17.0 Å². The quantitative estimate of drug-likeness (QED) is 0.146. The summed E-state index contributed by atoms with van der Waals surface area (Å²) in [6.07, 6.45) is 1.82. The Bertz CT molecular complexity index is 1600. The minimum absolute atomic E-state index is 0.00708. The van der Waals surface area contributed by atoms with Gasteiger partial charge in [0.15, 0.2) is 0 Å². The number of alkyl halides is 1. The van der Waals surface area contributed by atoms with Gasteiger partial charge in [0.05, 0.1) is 5.75 Å². The zero-order valence-electron chi connectivity index (χ0n) is 26.1. The van der Waals surface area contributed by atoms with Crippen LogP contribution in [0.25, 0.3) is 10.8 Å². The average molecular weight is 693 g/mol. The molecule has 47 heavy (non-hydrogen) atoms. The van der Waals surface area contributed by atoms with Crippen molar-refractivity contribution in [2.75, 3.05) is 24.4 Å². The highest BCUT2D eigenvalue weighted by atomic mass is 35.5. The molecule has 0 saturated carbocycles. The van der Waals surface area contributed by atoms with Gasteiger partial charge >= 0.3 is 0 Å². The van der Waals surface area contributed by atoms with E-state index in [2.05, 4.69) is 16.0 Å². The van der Waals surface area contributed by atoms with Crippen molar-refractivity contribution in [3.63, 3.8) is 0 Å². The Morgan fingerprint density at radius 3 is 2.26 bits per heavy atom. The molecular formula is C31H41ClN6O8S. The number of fused-ring (bicyclic) bond motifs is 1. The van der Waals surface area contributed by atoms with Gasteiger partial charge < -0.3 is 32.3 Å². The van der Waals surface area contributed by atoms with E-state index in [9.17, 15) is 37.2 Å². The van der Waals surface area contributed by atoms with Crippen molar-refractivity contribution in [1.82, 2.24) is 20.9 Å². The Morgan fingerprint density at radius 2 is 1.62 bits per heavy atom. The second-order valence-corrected chi connectivity index (χ2v) is 14.2. The van der Waals surface area contributed by atoms with E-state index >= 15 is 0 Å². The third-order valence-corrected chi connectivity index (χ3v) is 9.07. The largest absolute Gasteiger partial charge is 0.370 e. The molecule has 16 heteroatoms. The Labute approximate surface area is 278 Å². The number of likely N-dealkylation sites (tertiary alicyclic amines) is 1. The van der Waals surface area contributed by atoms with Gasteiger partial charge in [-0.25, -0.2) is 8.42 Å². The summed E-state index contributed by atoms with van der Waals surface area (Å²) in [6.45, 7) is 0.154. The number of halogens is 1. The van der Waals surface area contributed by atoms with E-state index in [4.69, 9.17) is 23.1 Å². The molecule has 0 spiro atoms. The smallest absolute Gasteiger partial charge is 0.245 e. The van der Waals surface area contributed by atoms with Crippen molar-refractivity contribution in [3.8, 4) is 0 Å². The molecule has 1 fully saturated rings. The second-order valence-electron chi connectivity index (χ2n) is 11.6. The van der Waals surface area contributed by atoms with E-state index in [1.54, 1.807) is 6.07 Å². The standard InChI is InChI=1S/C31H41ClN6O8S/c1-47(45,46)15-13-23(35-27(40)18-32)31(44)38-14-5-4-8-25(38)30(43)37-24(29(42)36-22(28(34)41)11-12-26(33)39)17-19-9-10-20-6-2-3-7-21(20)16-19/h2-3,6-7,9-10,16,22-25H,4-5,8,11-15,17-18H2,1H3,(H2,33,39)(H2,34,41)(H,35,40)(H,36,42)(H,37,43). The van der Waals surface area contributed by atoms with Crippen LogP contribution in [-0.4, -0.2) is 97.4 Å². The van der Waals surface area contributed by atoms with E-state index in [-0.39, 0.29) is 44.4 Å². The number of carbonyl (C=O) groups excluding carboxylic acids is 6. The molecule has 1 heterocycles. The summed E-state index contributed by atoms with van der Waals surface area (Å²) in [4.78, 5) is 77.9. The molecule has 2 aromatic rings. The third-order valence-electron chi connectivity index (χ3n) is 7.85. The van der Waals surface area contributed by atoms with Gasteiger partial charge in [-0.3, -0.25) is 28.8 Å². The Hall–Kier alpha value is -4.24. The Morgan fingerprint density at radius 1 is 0.915 bits per heavy atom. The molecule has 14 nitrogen and oxygen atoms in total. The van der Waals surface area contributed by atoms with Gasteiger partial charge in [0.1, 0.15) is 39.9 Å². The molecule has 4 unspecified atom stereocenters. The summed E-state index contributed by atoms with van der Waals surface area (Å²) in [5, 5.41) is 9.56. The summed E-state index contributed by atoms with van der Waals surface area (Å²) in [5.41, 5.74) is 11.4. The maximum absolute atomic E-state index is 13.8. The van der Waals surface area contributed by atoms with Crippen molar-refractivity contribution >= 4 is 67.7 Å². The van der Waals surface area contributed by atoms with Crippen LogP contribution in [-0.2, 0) is 45.0 Å². The first-order chi connectivity index (χ1) is 22.2. The molecule has 3 rings (SSSR count). The van der Waals surface area contributed by atoms with Gasteiger partial charge in [0.25, 0.3) is 0 Å². The lowest BCUT2D eigenvalue weighted by Crippen LogP contribution is -2.60. The maximum Gasteiger partial charge on any atom is 0.245 e. The topological polar surface area (TPSA) is 228 Å². The number of rotatable bonds is 16. The maximum atomic E-state index is 13.8. The molecule has 0 aromatic heterocycles. The molecule has 0 aliphatic carbocycles. The molecule has 6 amide bonds. The minimum Gasteiger partial charge on any atom is -0.370 e. The first kappa shape index (κ1) is 37.2. The van der Waals surface area contributed by atoms with Gasteiger partial charge in [-0.2, -0.15) is 0 Å². The molecule has 1 saturated heterocycles. The summed E-state index contributed by atoms with van der Waals surface area (Å²) >= 11 is 5.62. The monoisotopic (exact) mass is 692 g/mol. The fourth-order valence-electron chi connectivity index (χ4n) is 5.41. The molecule has 1 aliphatic heterocycles. The van der Waals surface area contributed by atoms with Crippen molar-refractivity contribution in [3.05, 3.63) is 48.0 Å². The number of benzene rings is 2. The fourth-order valence-corrected chi connectivity index (χ4v) is 6.15. The SMILES string of the molecule is CS(=O)(=O)CCC(NC(=O)CCl)C(=O)N1CCCCC1C(=O)NC(Cc1ccc2ccccc2c1)C(=O)NC(CCC(N)=O)C(N)=O. The van der Waals surface area contributed by atoms with Crippen molar-refractivity contribution < 1.29 is 37.2 Å². The first-order valence-electron chi connectivity index (χ1n) is 15.2. The van der Waals surface area contributed by atoms with Crippen LogP contribution in [0.5, 0.6) is 0 Å². The number of primary amides is 2. The van der Waals surface area contributed by atoms with Crippen molar-refractivity contribution in [2.45, 2.75) is 69.1 Å². The van der Waals surface area contributed by atoms with Crippen molar-refractivity contribution in [1.29, 1.82) is 0 Å². The first-order valence-corrected chi connectivity index (χ1v) is 17.8. The van der Waals surface area contributed by atoms with Crippen molar-refractivity contribution in [2.24, 2.45) is 11.5 Å². The van der Waals surface area contributed by atoms with Gasteiger partial charge in [-0.05, 0) is 48.4 Å². The third kappa shape index (κ3) is 11.5. The van der Waals surface area contributed by atoms with Crippen LogP contribution in [0.2, 0.25) is 0 Å². The van der Waals surface area contributed by atoms with Crippen LogP contribution < -0.4 is 27.4 Å². The number of amides is 6. The lowest BCUT2D eigenvalue weighted by molar-refractivity contribution is -0.145. The lowest BCUT2D eigenvalue weighted by Gasteiger charge is -2.37. The molecule has 4 atom stereocenters. The highest BCUT2D eigenvalue weighted by Crippen LogP contribution is 2.21. The van der Waals surface area contributed by atoms with Gasteiger partial charge in [0.2, 0.25) is 35.4 Å². The molecule has 256 valence electrons. The van der Waals surface area contributed by atoms with Crippen LogP contribution in [0, 0.1) is 0 Å². The molecule has 0 radical (unpaired) electrons. The number of hydrogen-bond donors (Lipinski definition) is 5. The fraction of sp³-hybridized carbons (Fsp3) is 0.484. The molecular weight excluding hydrogens is 652 g/mol. The number of carbonyl (C=O) groups is 6. The van der Waals surface area contributed by atoms with Crippen LogP contribution >= 0.6 is 11.6 Å². The van der Waals surface area contributed by atoms with Crippen LogP contribution in [0.3, 0.4) is 0 Å². The van der Waals surface area contributed by atoms with Crippen LogP contribution in [0.15, 0.2) is 42.5 Å². The zero-order valence-corrected chi connectivity index (χ0v) is 27.6. The van der Waals surface area contributed by atoms with Gasteiger partial charge in [-0.1, -0.05) is 42.5 Å². The summed E-state index contributed by atoms with van der Waals surface area (Å²) in [5.74, 6) is -5.15. The molecule has 1 aliphatic rings. The van der Waals surface area contributed by atoms with E-state index in [0.29, 0.717) is 18.4 Å². The summed E-state index contributed by atoms with van der Waals surface area (Å²) < 4.78 is 23.7. The number of nitrogens with two attached hydrogens (primary N) is 2. The van der Waals surface area contributed by atoms with E-state index in [1.165, 1.54) is 4.90 Å². The molecule has 0 bridgehead atoms. The van der Waals surface area contributed by atoms with Crippen LogP contribution in [0.4, 0.5) is 0 Å². The predicted octanol–water partition coefficient (Wildman–Crippen LogP) is -0.358. The Balaban J connectivity index is 1.89. The molecule has 7 N–H and O–H groups in total. The average Bonchev–Trinajstić information content (AvgIpc) is 3.03. The van der Waals surface area contributed by atoms with E-state index < -0.39 is 75.3 Å². The summed E-state index contributed by atoms with van der Waals surface area (Å²) in [7, 11) is -3.49. The highest BCUT2D eigenvalue weighted by molar-refractivity contribution is 7.90. The normalized spacial score (nSPS) is 16.8. The number of sulfone groups is 1. The predicted molar refractivity (Wildman–Crippen MR) is 175 cm³/mol. The lowest BCUT2D eigenvalue weighted by atomic mass is 9.97. The zero-order chi connectivity index (χ0) is 34.7. The Kier molecular flexibility index (Phi) is 13.5. The number of nitrogens with zero attached hydrogens (tertiary/aromatic N) is 1. The van der Waals surface area contributed by atoms with Gasteiger partial charge in [-0.15, -0.1) is 11.6 Å². The summed E-state index contributed by atoms with van der Waals surface area (Å²) in [6, 6.07) is 8.35. The van der Waals surface area contributed by atoms with E-state index in [1.807, 2.05) is 36.4 Å². The number of hydrogen-bond acceptors (Lipinski definition) is 8. The second kappa shape index (κ2) is 17.1.